The molecule has 18 heavy (non-hydrogen) atoms. The van der Waals surface area contributed by atoms with Crippen molar-refractivity contribution in [3.05, 3.63) is 0 Å². The van der Waals surface area contributed by atoms with E-state index in [2.05, 4.69) is 0 Å². The molecule has 104 valence electrons. The van der Waals surface area contributed by atoms with Gasteiger partial charge >= 0.3 is 0 Å². The predicted octanol–water partition coefficient (Wildman–Crippen LogP) is 0.0847. The van der Waals surface area contributed by atoms with E-state index < -0.39 is 5.54 Å². The summed E-state index contributed by atoms with van der Waals surface area (Å²) >= 11 is 1.90. The third kappa shape index (κ3) is 2.99. The number of carbonyl (C=O) groups excluding carboxylic acids is 1. The summed E-state index contributed by atoms with van der Waals surface area (Å²) in [5, 5.41) is 0. The number of nitrogens with zero attached hydrogens (tertiary/aromatic N) is 1. The topological polar surface area (TPSA) is 64.8 Å². The van der Waals surface area contributed by atoms with Crippen LogP contribution in [0.15, 0.2) is 0 Å². The van der Waals surface area contributed by atoms with Gasteiger partial charge in [-0.25, -0.2) is 0 Å². The first kappa shape index (κ1) is 14.1. The number of rotatable bonds is 5. The summed E-state index contributed by atoms with van der Waals surface area (Å²) in [6.07, 6.45) is 1.67. The molecular formula is C12H22N2O3S. The van der Waals surface area contributed by atoms with Crippen molar-refractivity contribution in [2.24, 2.45) is 5.73 Å². The number of thioether (sulfide) groups is 1. The molecule has 2 aliphatic heterocycles. The van der Waals surface area contributed by atoms with Crippen molar-refractivity contribution >= 4 is 17.7 Å². The Morgan fingerprint density at radius 3 is 3.06 bits per heavy atom. The van der Waals surface area contributed by atoms with Crippen LogP contribution in [0, 0.1) is 0 Å². The minimum Gasteiger partial charge on any atom is -0.383 e. The van der Waals surface area contributed by atoms with E-state index >= 15 is 0 Å². The Labute approximate surface area is 112 Å². The van der Waals surface area contributed by atoms with Crippen molar-refractivity contribution in [1.29, 1.82) is 0 Å². The first-order chi connectivity index (χ1) is 8.67. The van der Waals surface area contributed by atoms with Crippen LogP contribution in [-0.2, 0) is 14.3 Å². The van der Waals surface area contributed by atoms with Crippen LogP contribution in [0.3, 0.4) is 0 Å². The maximum atomic E-state index is 12.6. The number of amides is 1. The fourth-order valence-corrected chi connectivity index (χ4v) is 3.67. The molecule has 6 heteroatoms. The van der Waals surface area contributed by atoms with E-state index in [0.717, 1.165) is 17.9 Å². The summed E-state index contributed by atoms with van der Waals surface area (Å²) in [7, 11) is 1.66. The molecule has 2 saturated heterocycles. The molecule has 2 atom stereocenters. The number of nitrogens with two attached hydrogens (primary N) is 1. The zero-order valence-corrected chi connectivity index (χ0v) is 11.7. The maximum Gasteiger partial charge on any atom is 0.245 e. The van der Waals surface area contributed by atoms with Gasteiger partial charge in [-0.15, -0.1) is 0 Å². The highest BCUT2D eigenvalue weighted by atomic mass is 32.2. The second-order valence-electron chi connectivity index (χ2n) is 4.97. The molecule has 0 aliphatic carbocycles. The van der Waals surface area contributed by atoms with E-state index in [1.54, 1.807) is 7.11 Å². The molecule has 2 aliphatic rings. The van der Waals surface area contributed by atoms with Crippen LogP contribution in [-0.4, -0.2) is 67.4 Å². The lowest BCUT2D eigenvalue weighted by Crippen LogP contribution is -2.59. The van der Waals surface area contributed by atoms with Crippen LogP contribution in [0.1, 0.15) is 12.8 Å². The molecule has 2 heterocycles. The fourth-order valence-electron chi connectivity index (χ4n) is 2.44. The van der Waals surface area contributed by atoms with Crippen LogP contribution in [0.5, 0.6) is 0 Å². The zero-order valence-electron chi connectivity index (χ0n) is 10.9. The SMILES string of the molecule is COCCN(C(=O)C1(N)CCOC1)C1CCSC1. The third-order valence-corrected chi connectivity index (χ3v) is 4.77. The van der Waals surface area contributed by atoms with E-state index in [1.165, 1.54) is 0 Å². The summed E-state index contributed by atoms with van der Waals surface area (Å²) in [5.74, 6) is 2.16. The Balaban J connectivity index is 2.04. The third-order valence-electron chi connectivity index (χ3n) is 3.62. The summed E-state index contributed by atoms with van der Waals surface area (Å²) in [5.41, 5.74) is 5.36. The lowest BCUT2D eigenvalue weighted by molar-refractivity contribution is -0.139. The molecular weight excluding hydrogens is 252 g/mol. The van der Waals surface area contributed by atoms with Gasteiger partial charge in [0.05, 0.1) is 13.2 Å². The van der Waals surface area contributed by atoms with Crippen molar-refractivity contribution in [2.75, 3.05) is 45.0 Å². The van der Waals surface area contributed by atoms with Crippen LogP contribution < -0.4 is 5.73 Å². The van der Waals surface area contributed by atoms with Gasteiger partial charge in [0.2, 0.25) is 5.91 Å². The minimum absolute atomic E-state index is 0.0320. The number of methoxy groups -OCH3 is 1. The first-order valence-electron chi connectivity index (χ1n) is 6.42. The molecule has 0 aromatic heterocycles. The van der Waals surface area contributed by atoms with E-state index in [1.807, 2.05) is 16.7 Å². The molecule has 2 fully saturated rings. The zero-order chi connectivity index (χ0) is 13.0. The van der Waals surface area contributed by atoms with Crippen LogP contribution in [0.4, 0.5) is 0 Å². The van der Waals surface area contributed by atoms with Gasteiger partial charge in [-0.1, -0.05) is 0 Å². The molecule has 2 rings (SSSR count). The quantitative estimate of drug-likeness (QED) is 0.769. The van der Waals surface area contributed by atoms with Gasteiger partial charge in [-0.3, -0.25) is 4.79 Å². The van der Waals surface area contributed by atoms with Crippen molar-refractivity contribution in [3.8, 4) is 0 Å². The van der Waals surface area contributed by atoms with E-state index in [4.69, 9.17) is 15.2 Å². The second-order valence-corrected chi connectivity index (χ2v) is 6.12. The van der Waals surface area contributed by atoms with Gasteiger partial charge in [-0.05, 0) is 18.6 Å². The van der Waals surface area contributed by atoms with E-state index in [9.17, 15) is 4.79 Å². The monoisotopic (exact) mass is 274 g/mol. The molecule has 0 radical (unpaired) electrons. The van der Waals surface area contributed by atoms with Gasteiger partial charge in [0.1, 0.15) is 5.54 Å². The highest BCUT2D eigenvalue weighted by molar-refractivity contribution is 7.99. The number of hydrogen-bond donors (Lipinski definition) is 1. The van der Waals surface area contributed by atoms with Gasteiger partial charge in [0, 0.05) is 32.1 Å². The molecule has 0 spiro atoms. The van der Waals surface area contributed by atoms with Crippen molar-refractivity contribution in [2.45, 2.75) is 24.4 Å². The normalized spacial score (nSPS) is 31.8. The number of ether oxygens (including phenoxy) is 2. The smallest absolute Gasteiger partial charge is 0.245 e. The Kier molecular flexibility index (Phi) is 4.89. The molecule has 0 saturated carbocycles. The van der Waals surface area contributed by atoms with Gasteiger partial charge in [0.25, 0.3) is 0 Å². The average molecular weight is 274 g/mol. The number of hydrogen-bond acceptors (Lipinski definition) is 5. The highest BCUT2D eigenvalue weighted by Crippen LogP contribution is 2.26. The van der Waals surface area contributed by atoms with Crippen molar-refractivity contribution in [1.82, 2.24) is 4.90 Å². The Morgan fingerprint density at radius 2 is 2.50 bits per heavy atom. The fraction of sp³-hybridized carbons (Fsp3) is 0.917. The molecule has 0 bridgehead atoms. The van der Waals surface area contributed by atoms with E-state index in [0.29, 0.717) is 38.8 Å². The molecule has 2 N–H and O–H groups in total. The van der Waals surface area contributed by atoms with Gasteiger partial charge in [-0.2, -0.15) is 11.8 Å². The second kappa shape index (κ2) is 6.23. The van der Waals surface area contributed by atoms with Crippen molar-refractivity contribution < 1.29 is 14.3 Å². The van der Waals surface area contributed by atoms with Crippen LogP contribution >= 0.6 is 11.8 Å². The molecule has 1 amide bonds. The first-order valence-corrected chi connectivity index (χ1v) is 7.57. The maximum absolute atomic E-state index is 12.6. The Morgan fingerprint density at radius 1 is 1.67 bits per heavy atom. The van der Waals surface area contributed by atoms with Gasteiger partial charge in [0.15, 0.2) is 0 Å². The molecule has 0 aromatic rings. The standard InChI is InChI=1S/C12H22N2O3S/c1-16-6-4-14(10-2-7-18-8-10)11(15)12(13)3-5-17-9-12/h10H,2-9,13H2,1H3. The van der Waals surface area contributed by atoms with Crippen molar-refractivity contribution in [3.63, 3.8) is 0 Å². The summed E-state index contributed by atoms with van der Waals surface area (Å²) < 4.78 is 10.4. The van der Waals surface area contributed by atoms with Crippen LogP contribution in [0.25, 0.3) is 0 Å². The van der Waals surface area contributed by atoms with E-state index in [-0.39, 0.29) is 5.91 Å². The lowest BCUT2D eigenvalue weighted by atomic mass is 9.97. The lowest BCUT2D eigenvalue weighted by Gasteiger charge is -2.34. The summed E-state index contributed by atoms with van der Waals surface area (Å²) in [6.45, 7) is 2.11. The van der Waals surface area contributed by atoms with Gasteiger partial charge < -0.3 is 20.1 Å². The molecule has 0 aromatic carbocycles. The summed E-state index contributed by atoms with van der Waals surface area (Å²) in [4.78, 5) is 14.5. The Bertz CT molecular complexity index is 289. The van der Waals surface area contributed by atoms with Crippen LogP contribution in [0.2, 0.25) is 0 Å². The Hall–Kier alpha value is -0.300. The molecule has 5 nitrogen and oxygen atoms in total. The predicted molar refractivity (Wildman–Crippen MR) is 71.7 cm³/mol. The average Bonchev–Trinajstić information content (AvgIpc) is 3.01. The summed E-state index contributed by atoms with van der Waals surface area (Å²) in [6, 6.07) is 0.304. The minimum atomic E-state index is -0.818. The highest BCUT2D eigenvalue weighted by Gasteiger charge is 2.43. The number of carbonyl (C=O) groups is 1. The largest absolute Gasteiger partial charge is 0.383 e. The molecule has 2 unspecified atom stereocenters.